The number of aromatic nitrogens is 1. The van der Waals surface area contributed by atoms with Gasteiger partial charge in [0.05, 0.1) is 5.03 Å². The lowest BCUT2D eigenvalue weighted by atomic mass is 10.2. The molecule has 0 unspecified atom stereocenters. The molecule has 0 atom stereocenters. The fourth-order valence-corrected chi connectivity index (χ4v) is 1.78. The van der Waals surface area contributed by atoms with Crippen molar-refractivity contribution in [2.45, 2.75) is 30.5 Å². The number of nitrogens with zero attached hydrogens (tertiary/aromatic N) is 1. The minimum absolute atomic E-state index is 0.778. The zero-order valence-electron chi connectivity index (χ0n) is 8.44. The second kappa shape index (κ2) is 4.00. The van der Waals surface area contributed by atoms with E-state index in [0.717, 1.165) is 10.6 Å². The monoisotopic (exact) mass is 211 g/mol. The smallest absolute Gasteiger partial charge is 0.319 e. The Kier molecular flexibility index (Phi) is 3.16. The molecule has 0 aliphatic rings. The number of carboxylic acids is 1. The summed E-state index contributed by atoms with van der Waals surface area (Å²) in [7, 11) is 0. The summed E-state index contributed by atoms with van der Waals surface area (Å²) in [5, 5.41) is 9.72. The highest BCUT2D eigenvalue weighted by atomic mass is 32.2. The van der Waals surface area contributed by atoms with Gasteiger partial charge in [0.1, 0.15) is 4.75 Å². The van der Waals surface area contributed by atoms with Gasteiger partial charge < -0.3 is 5.11 Å². The first-order valence-electron chi connectivity index (χ1n) is 4.27. The van der Waals surface area contributed by atoms with E-state index in [0.29, 0.717) is 0 Å². The van der Waals surface area contributed by atoms with Crippen molar-refractivity contribution < 1.29 is 9.90 Å². The van der Waals surface area contributed by atoms with E-state index >= 15 is 0 Å². The first-order chi connectivity index (χ1) is 6.43. The fourth-order valence-electron chi connectivity index (χ4n) is 0.863. The van der Waals surface area contributed by atoms with Crippen molar-refractivity contribution >= 4 is 17.7 Å². The van der Waals surface area contributed by atoms with E-state index in [1.165, 1.54) is 11.8 Å². The number of aliphatic carboxylic acids is 1. The largest absolute Gasteiger partial charge is 0.480 e. The minimum atomic E-state index is -0.834. The van der Waals surface area contributed by atoms with E-state index < -0.39 is 10.7 Å². The van der Waals surface area contributed by atoms with Crippen molar-refractivity contribution in [3.05, 3.63) is 23.9 Å². The first-order valence-corrected chi connectivity index (χ1v) is 5.09. The third-order valence-electron chi connectivity index (χ3n) is 1.83. The number of carboxylic acid groups (broad SMARTS) is 1. The van der Waals surface area contributed by atoms with Gasteiger partial charge in [0.15, 0.2) is 0 Å². The number of hydrogen-bond donors (Lipinski definition) is 1. The van der Waals surface area contributed by atoms with Crippen LogP contribution in [0.3, 0.4) is 0 Å². The lowest BCUT2D eigenvalue weighted by Gasteiger charge is -2.18. The Hall–Kier alpha value is -1.03. The van der Waals surface area contributed by atoms with Gasteiger partial charge in [0.2, 0.25) is 0 Å². The van der Waals surface area contributed by atoms with Crippen LogP contribution in [0, 0.1) is 6.92 Å². The Bertz CT molecular complexity index is 350. The summed E-state index contributed by atoms with van der Waals surface area (Å²) in [6.45, 7) is 5.27. The highest BCUT2D eigenvalue weighted by Gasteiger charge is 2.29. The van der Waals surface area contributed by atoms with Gasteiger partial charge in [-0.05, 0) is 32.4 Å². The van der Waals surface area contributed by atoms with Crippen molar-refractivity contribution in [3.63, 3.8) is 0 Å². The number of rotatable bonds is 3. The molecule has 1 heterocycles. The molecule has 1 aromatic rings. The van der Waals surface area contributed by atoms with Crippen LogP contribution in [0.2, 0.25) is 0 Å². The Morgan fingerprint density at radius 3 is 2.71 bits per heavy atom. The van der Waals surface area contributed by atoms with Gasteiger partial charge in [0.25, 0.3) is 0 Å². The van der Waals surface area contributed by atoms with E-state index in [9.17, 15) is 4.79 Å². The first kappa shape index (κ1) is 11.0. The normalized spacial score (nSPS) is 11.4. The standard InChI is InChI=1S/C10H13NO2S/c1-7-5-4-6-11-8(7)14-10(2,3)9(12)13/h4-6H,1-3H3,(H,12,13). The van der Waals surface area contributed by atoms with Gasteiger partial charge in [-0.3, -0.25) is 4.79 Å². The van der Waals surface area contributed by atoms with Gasteiger partial charge in [-0.15, -0.1) is 0 Å². The molecule has 76 valence electrons. The van der Waals surface area contributed by atoms with Crippen LogP contribution in [0.15, 0.2) is 23.4 Å². The van der Waals surface area contributed by atoms with Gasteiger partial charge in [-0.25, -0.2) is 4.98 Å². The fraction of sp³-hybridized carbons (Fsp3) is 0.400. The number of aryl methyl sites for hydroxylation is 1. The maximum absolute atomic E-state index is 10.9. The molecule has 0 fully saturated rings. The molecule has 1 N–H and O–H groups in total. The summed E-state index contributed by atoms with van der Waals surface area (Å²) in [6, 6.07) is 3.76. The predicted molar refractivity (Wildman–Crippen MR) is 56.5 cm³/mol. The molecule has 0 saturated carbocycles. The van der Waals surface area contributed by atoms with Crippen LogP contribution in [-0.4, -0.2) is 20.8 Å². The van der Waals surface area contributed by atoms with Crippen LogP contribution in [-0.2, 0) is 4.79 Å². The summed E-state index contributed by atoms with van der Waals surface area (Å²) >= 11 is 1.27. The van der Waals surface area contributed by atoms with Gasteiger partial charge in [-0.1, -0.05) is 17.8 Å². The summed E-state index contributed by atoms with van der Waals surface area (Å²) in [6.07, 6.45) is 1.67. The Labute approximate surface area is 87.6 Å². The average molecular weight is 211 g/mol. The average Bonchev–Trinajstić information content (AvgIpc) is 2.08. The zero-order valence-corrected chi connectivity index (χ0v) is 9.26. The number of thioether (sulfide) groups is 1. The third kappa shape index (κ3) is 2.48. The lowest BCUT2D eigenvalue weighted by Crippen LogP contribution is -2.27. The topological polar surface area (TPSA) is 50.2 Å². The molecule has 0 radical (unpaired) electrons. The third-order valence-corrected chi connectivity index (χ3v) is 3.13. The molecule has 0 aromatic carbocycles. The molecule has 0 bridgehead atoms. The second-order valence-corrected chi connectivity index (χ2v) is 5.15. The summed E-state index contributed by atoms with van der Waals surface area (Å²) in [4.78, 5) is 15.0. The Morgan fingerprint density at radius 1 is 1.57 bits per heavy atom. The molecule has 0 aliphatic heterocycles. The predicted octanol–water partition coefficient (Wildman–Crippen LogP) is 2.35. The van der Waals surface area contributed by atoms with E-state index in [1.54, 1.807) is 20.0 Å². The molecular weight excluding hydrogens is 198 g/mol. The van der Waals surface area contributed by atoms with Crippen molar-refractivity contribution in [1.82, 2.24) is 4.98 Å². The molecule has 1 rings (SSSR count). The van der Waals surface area contributed by atoms with Crippen LogP contribution in [0.25, 0.3) is 0 Å². The number of pyridine rings is 1. The van der Waals surface area contributed by atoms with Crippen molar-refractivity contribution in [2.75, 3.05) is 0 Å². The van der Waals surface area contributed by atoms with Crippen LogP contribution < -0.4 is 0 Å². The van der Waals surface area contributed by atoms with E-state index in [1.807, 2.05) is 19.1 Å². The highest BCUT2D eigenvalue weighted by Crippen LogP contribution is 2.32. The summed E-state index contributed by atoms with van der Waals surface area (Å²) in [5.41, 5.74) is 1.01. The summed E-state index contributed by atoms with van der Waals surface area (Å²) < 4.78 is -0.834. The Morgan fingerprint density at radius 2 is 2.21 bits per heavy atom. The van der Waals surface area contributed by atoms with Gasteiger partial charge in [0, 0.05) is 6.20 Å². The minimum Gasteiger partial charge on any atom is -0.480 e. The van der Waals surface area contributed by atoms with Crippen LogP contribution in [0.1, 0.15) is 19.4 Å². The molecular formula is C10H13NO2S. The SMILES string of the molecule is Cc1cccnc1SC(C)(C)C(=O)O. The molecule has 0 amide bonds. The van der Waals surface area contributed by atoms with E-state index in [2.05, 4.69) is 4.98 Å². The molecule has 0 saturated heterocycles. The quantitative estimate of drug-likeness (QED) is 0.780. The maximum atomic E-state index is 10.9. The van der Waals surface area contributed by atoms with Crippen LogP contribution >= 0.6 is 11.8 Å². The van der Waals surface area contributed by atoms with Crippen molar-refractivity contribution in [2.24, 2.45) is 0 Å². The molecule has 1 aromatic heterocycles. The van der Waals surface area contributed by atoms with Gasteiger partial charge in [-0.2, -0.15) is 0 Å². The van der Waals surface area contributed by atoms with Crippen molar-refractivity contribution in [3.8, 4) is 0 Å². The maximum Gasteiger partial charge on any atom is 0.319 e. The lowest BCUT2D eigenvalue weighted by molar-refractivity contribution is -0.138. The second-order valence-electron chi connectivity index (χ2n) is 3.54. The van der Waals surface area contributed by atoms with Gasteiger partial charge >= 0.3 is 5.97 Å². The molecule has 3 nitrogen and oxygen atoms in total. The zero-order chi connectivity index (χ0) is 10.8. The number of hydrogen-bond acceptors (Lipinski definition) is 3. The van der Waals surface area contributed by atoms with Crippen LogP contribution in [0.4, 0.5) is 0 Å². The summed E-state index contributed by atoms with van der Waals surface area (Å²) in [5.74, 6) is -0.826. The van der Waals surface area contributed by atoms with Crippen LogP contribution in [0.5, 0.6) is 0 Å². The Balaban J connectivity index is 2.89. The molecule has 4 heteroatoms. The molecule has 14 heavy (non-hydrogen) atoms. The highest BCUT2D eigenvalue weighted by molar-refractivity contribution is 8.01. The molecule has 0 aliphatic carbocycles. The van der Waals surface area contributed by atoms with E-state index in [4.69, 9.17) is 5.11 Å². The number of carbonyl (C=O) groups is 1. The molecule has 0 spiro atoms. The van der Waals surface area contributed by atoms with Crippen molar-refractivity contribution in [1.29, 1.82) is 0 Å². The van der Waals surface area contributed by atoms with E-state index in [-0.39, 0.29) is 0 Å².